The van der Waals surface area contributed by atoms with E-state index in [9.17, 15) is 13.2 Å². The molecule has 0 bridgehead atoms. The molecule has 1 aliphatic rings. The van der Waals surface area contributed by atoms with E-state index in [1.807, 2.05) is 14.0 Å². The van der Waals surface area contributed by atoms with Crippen LogP contribution in [-0.4, -0.2) is 61.4 Å². The number of piperazine rings is 1. The summed E-state index contributed by atoms with van der Waals surface area (Å²) in [5, 5.41) is 9.13. The van der Waals surface area contributed by atoms with Crippen molar-refractivity contribution >= 4 is 16.0 Å². The summed E-state index contributed by atoms with van der Waals surface area (Å²) in [4.78, 5) is 13.3. The van der Waals surface area contributed by atoms with Gasteiger partial charge in [0.05, 0.1) is 10.5 Å². The minimum Gasteiger partial charge on any atom is -0.478 e. The lowest BCUT2D eigenvalue weighted by Gasteiger charge is -2.36. The molecule has 7 heteroatoms. The van der Waals surface area contributed by atoms with E-state index in [0.717, 1.165) is 0 Å². The second-order valence-corrected chi connectivity index (χ2v) is 7.41. The Labute approximate surface area is 125 Å². The molecule has 0 aliphatic carbocycles. The van der Waals surface area contributed by atoms with Gasteiger partial charge in [-0.15, -0.1) is 0 Å². The first-order valence-corrected chi connectivity index (χ1v) is 8.22. The maximum atomic E-state index is 12.6. The smallest absolute Gasteiger partial charge is 0.335 e. The van der Waals surface area contributed by atoms with Gasteiger partial charge in [-0.2, -0.15) is 4.31 Å². The molecule has 1 fully saturated rings. The SMILES string of the molecule is Cc1ccc(S(=O)(=O)N2CCN(C)C(C)C2)cc1C(=O)O. The summed E-state index contributed by atoms with van der Waals surface area (Å²) in [5.74, 6) is -1.11. The highest BCUT2D eigenvalue weighted by Crippen LogP contribution is 2.22. The average molecular weight is 312 g/mol. The van der Waals surface area contributed by atoms with Gasteiger partial charge in [0.1, 0.15) is 0 Å². The molecule has 21 heavy (non-hydrogen) atoms. The van der Waals surface area contributed by atoms with Crippen LogP contribution in [0.25, 0.3) is 0 Å². The van der Waals surface area contributed by atoms with Crippen molar-refractivity contribution in [1.82, 2.24) is 9.21 Å². The fraction of sp³-hybridized carbons (Fsp3) is 0.500. The molecule has 1 aromatic rings. The molecule has 1 aliphatic heterocycles. The normalized spacial score (nSPS) is 21.4. The third kappa shape index (κ3) is 3.09. The lowest BCUT2D eigenvalue weighted by atomic mass is 10.1. The largest absolute Gasteiger partial charge is 0.478 e. The highest BCUT2D eigenvalue weighted by molar-refractivity contribution is 7.89. The number of benzene rings is 1. The van der Waals surface area contributed by atoms with Gasteiger partial charge >= 0.3 is 5.97 Å². The Bertz CT molecular complexity index is 657. The van der Waals surface area contributed by atoms with E-state index in [2.05, 4.69) is 4.90 Å². The molecule has 1 heterocycles. The topological polar surface area (TPSA) is 77.9 Å². The number of likely N-dealkylation sites (N-methyl/N-ethyl adjacent to an activating group) is 1. The first-order chi connectivity index (χ1) is 9.73. The molecule has 1 N–H and O–H groups in total. The van der Waals surface area contributed by atoms with Crippen molar-refractivity contribution in [3.8, 4) is 0 Å². The Morgan fingerprint density at radius 2 is 2.00 bits per heavy atom. The average Bonchev–Trinajstić information content (AvgIpc) is 2.41. The predicted molar refractivity (Wildman–Crippen MR) is 79.0 cm³/mol. The van der Waals surface area contributed by atoms with Crippen LogP contribution in [0.1, 0.15) is 22.8 Å². The zero-order chi connectivity index (χ0) is 15.8. The van der Waals surface area contributed by atoms with Crippen molar-refractivity contribution in [2.75, 3.05) is 26.7 Å². The fourth-order valence-electron chi connectivity index (χ4n) is 2.37. The Morgan fingerprint density at radius 3 is 2.57 bits per heavy atom. The van der Waals surface area contributed by atoms with Crippen LogP contribution in [0.15, 0.2) is 23.1 Å². The molecule has 116 valence electrons. The summed E-state index contributed by atoms with van der Waals surface area (Å²) in [6.45, 7) is 5.11. The monoisotopic (exact) mass is 312 g/mol. The summed E-state index contributed by atoms with van der Waals surface area (Å²) < 4.78 is 26.7. The number of sulfonamides is 1. The van der Waals surface area contributed by atoms with Gasteiger partial charge in [0, 0.05) is 25.7 Å². The van der Waals surface area contributed by atoms with Crippen LogP contribution in [0.4, 0.5) is 0 Å². The Morgan fingerprint density at radius 1 is 1.33 bits per heavy atom. The predicted octanol–water partition coefficient (Wildman–Crippen LogP) is 1.02. The highest BCUT2D eigenvalue weighted by atomic mass is 32.2. The van der Waals surface area contributed by atoms with E-state index in [-0.39, 0.29) is 16.5 Å². The Hall–Kier alpha value is -1.44. The van der Waals surface area contributed by atoms with Crippen molar-refractivity contribution < 1.29 is 18.3 Å². The van der Waals surface area contributed by atoms with E-state index in [4.69, 9.17) is 5.11 Å². The number of hydrogen-bond acceptors (Lipinski definition) is 4. The third-order valence-electron chi connectivity index (χ3n) is 4.00. The van der Waals surface area contributed by atoms with Crippen LogP contribution in [-0.2, 0) is 10.0 Å². The molecule has 1 atom stereocenters. The van der Waals surface area contributed by atoms with Crippen molar-refractivity contribution in [2.45, 2.75) is 24.8 Å². The van der Waals surface area contributed by atoms with E-state index in [1.165, 1.54) is 22.5 Å². The molecule has 2 rings (SSSR count). The van der Waals surface area contributed by atoms with Gasteiger partial charge in [0.15, 0.2) is 0 Å². The van der Waals surface area contributed by atoms with Gasteiger partial charge in [0.2, 0.25) is 10.0 Å². The molecule has 0 radical (unpaired) electrons. The van der Waals surface area contributed by atoms with Crippen LogP contribution in [0.2, 0.25) is 0 Å². The Kier molecular flexibility index (Phi) is 4.36. The minimum atomic E-state index is -3.65. The lowest BCUT2D eigenvalue weighted by molar-refractivity contribution is 0.0696. The molecule has 0 amide bonds. The van der Waals surface area contributed by atoms with Gasteiger partial charge in [-0.1, -0.05) is 6.07 Å². The van der Waals surface area contributed by atoms with Gasteiger partial charge < -0.3 is 10.0 Å². The number of aromatic carboxylic acids is 1. The molecular weight excluding hydrogens is 292 g/mol. The molecule has 1 saturated heterocycles. The van der Waals surface area contributed by atoms with E-state index >= 15 is 0 Å². The van der Waals surface area contributed by atoms with Crippen molar-refractivity contribution in [3.63, 3.8) is 0 Å². The number of aryl methyl sites for hydroxylation is 1. The van der Waals surface area contributed by atoms with Crippen LogP contribution in [0.5, 0.6) is 0 Å². The standard InChI is InChI=1S/C14H20N2O4S/c1-10-4-5-12(8-13(10)14(17)18)21(19,20)16-7-6-15(3)11(2)9-16/h4-5,8,11H,6-7,9H2,1-3H3,(H,17,18). The van der Waals surface area contributed by atoms with Crippen LogP contribution >= 0.6 is 0 Å². The first-order valence-electron chi connectivity index (χ1n) is 6.78. The number of nitrogens with zero attached hydrogens (tertiary/aromatic N) is 2. The maximum absolute atomic E-state index is 12.6. The second kappa shape index (κ2) is 5.75. The fourth-order valence-corrected chi connectivity index (χ4v) is 3.91. The molecule has 6 nitrogen and oxygen atoms in total. The van der Waals surface area contributed by atoms with Crippen molar-refractivity contribution in [3.05, 3.63) is 29.3 Å². The summed E-state index contributed by atoms with van der Waals surface area (Å²) in [6, 6.07) is 4.39. The quantitative estimate of drug-likeness (QED) is 0.901. The summed E-state index contributed by atoms with van der Waals surface area (Å²) in [6.07, 6.45) is 0. The van der Waals surface area contributed by atoms with Crippen molar-refractivity contribution in [2.24, 2.45) is 0 Å². The molecule has 0 spiro atoms. The number of carboxylic acid groups (broad SMARTS) is 1. The number of carboxylic acids is 1. The zero-order valence-corrected chi connectivity index (χ0v) is 13.2. The molecule has 1 unspecified atom stereocenters. The lowest BCUT2D eigenvalue weighted by Crippen LogP contribution is -2.51. The van der Waals surface area contributed by atoms with E-state index < -0.39 is 16.0 Å². The Balaban J connectivity index is 2.36. The third-order valence-corrected chi connectivity index (χ3v) is 5.86. The summed E-state index contributed by atoms with van der Waals surface area (Å²) >= 11 is 0. The molecule has 0 saturated carbocycles. The molecule has 0 aromatic heterocycles. The van der Waals surface area contributed by atoms with Gasteiger partial charge in [0.25, 0.3) is 0 Å². The van der Waals surface area contributed by atoms with E-state index in [1.54, 1.807) is 6.92 Å². The molecule has 1 aromatic carbocycles. The van der Waals surface area contributed by atoms with Gasteiger partial charge in [-0.25, -0.2) is 13.2 Å². The zero-order valence-electron chi connectivity index (χ0n) is 12.4. The number of carbonyl (C=O) groups is 1. The maximum Gasteiger partial charge on any atom is 0.335 e. The number of hydrogen-bond donors (Lipinski definition) is 1. The van der Waals surface area contributed by atoms with Gasteiger partial charge in [-0.3, -0.25) is 0 Å². The summed E-state index contributed by atoms with van der Waals surface area (Å²) in [5.41, 5.74) is 0.575. The van der Waals surface area contributed by atoms with Gasteiger partial charge in [-0.05, 0) is 38.6 Å². The van der Waals surface area contributed by atoms with Crippen molar-refractivity contribution in [1.29, 1.82) is 0 Å². The minimum absolute atomic E-state index is 0.0262. The van der Waals surface area contributed by atoms with Crippen LogP contribution in [0, 0.1) is 6.92 Å². The van der Waals surface area contributed by atoms with Crippen LogP contribution in [0.3, 0.4) is 0 Å². The van der Waals surface area contributed by atoms with E-state index in [0.29, 0.717) is 25.2 Å². The second-order valence-electron chi connectivity index (χ2n) is 5.47. The highest BCUT2D eigenvalue weighted by Gasteiger charge is 2.31. The first kappa shape index (κ1) is 15.9. The van der Waals surface area contributed by atoms with Crippen LogP contribution < -0.4 is 0 Å². The number of rotatable bonds is 3. The molecular formula is C14H20N2O4S. The summed E-state index contributed by atoms with van der Waals surface area (Å²) in [7, 11) is -1.69.